The number of carboxylic acids is 3. The first-order valence-electron chi connectivity index (χ1n) is 26.8. The normalized spacial score (nSPS) is 18.6. The maximum atomic E-state index is 14.3. The van der Waals surface area contributed by atoms with Gasteiger partial charge >= 0.3 is 17.9 Å². The number of benzene rings is 1. The second-order valence-electron chi connectivity index (χ2n) is 20.3. The number of carbonyl (C=O) groups excluding carboxylic acids is 7. The topological polar surface area (TPSA) is 627 Å². The van der Waals surface area contributed by atoms with Crippen LogP contribution in [0.3, 0.4) is 0 Å². The number of H-pyrrole nitrogens is 1. The molecule has 0 bridgehead atoms. The Bertz CT molecular complexity index is 3020. The monoisotopic (exact) mass is 1270 g/mol. The molecule has 486 valence electrons. The van der Waals surface area contributed by atoms with Gasteiger partial charge in [-0.3, -0.25) is 48.1 Å². The van der Waals surface area contributed by atoms with Gasteiger partial charge in [0, 0.05) is 55.3 Å². The summed E-state index contributed by atoms with van der Waals surface area (Å²) < 4.78 is 0. The molecule has 7 amide bonds. The highest BCUT2D eigenvalue weighted by Gasteiger charge is 2.62. The molecule has 38 heteroatoms. The lowest BCUT2D eigenvalue weighted by Gasteiger charge is -2.27. The van der Waals surface area contributed by atoms with Crippen molar-refractivity contribution in [3.05, 3.63) is 52.1 Å². The predicted molar refractivity (Wildman–Crippen MR) is 299 cm³/mol. The highest BCUT2D eigenvalue weighted by atomic mass is 32.1. The van der Waals surface area contributed by atoms with Gasteiger partial charge in [-0.2, -0.15) is 17.6 Å². The second-order valence-corrected chi connectivity index (χ2v) is 20.7. The lowest BCUT2D eigenvalue weighted by Crippen LogP contribution is -2.60. The fourth-order valence-electron chi connectivity index (χ4n) is 8.43. The van der Waals surface area contributed by atoms with Crippen molar-refractivity contribution in [3.63, 3.8) is 0 Å². The van der Waals surface area contributed by atoms with Gasteiger partial charge in [-0.05, 0) is 49.9 Å². The maximum Gasteiger partial charge on any atom is 0.327 e. The third-order valence-electron chi connectivity index (χ3n) is 13.7. The molecule has 3 aromatic rings. The number of aliphatic hydroxyl groups is 10. The van der Waals surface area contributed by atoms with Crippen LogP contribution in [-0.4, -0.2) is 256 Å². The van der Waals surface area contributed by atoms with E-state index in [1.165, 1.54) is 30.5 Å². The molecule has 0 radical (unpaired) electrons. The van der Waals surface area contributed by atoms with Crippen molar-refractivity contribution in [2.45, 2.75) is 136 Å². The molecule has 0 unspecified atom stereocenters. The van der Waals surface area contributed by atoms with Gasteiger partial charge in [0.15, 0.2) is 11.2 Å². The molecule has 0 aliphatic heterocycles. The van der Waals surface area contributed by atoms with Gasteiger partial charge in [-0.15, -0.1) is 0 Å². The number of carboxylic acid groups (broad SMARTS) is 3. The molecule has 24 N–H and O–H groups in total. The fourth-order valence-corrected chi connectivity index (χ4v) is 8.67. The first-order chi connectivity index (χ1) is 41.4. The molecule has 1 fully saturated rings. The average Bonchev–Trinajstić information content (AvgIpc) is 1.91. The van der Waals surface area contributed by atoms with Crippen LogP contribution < -0.4 is 53.8 Å². The number of hydrogen-bond acceptors (Lipinski definition) is 27. The average molecular weight is 1270 g/mol. The Kier molecular flexibility index (Phi) is 27.6. The minimum absolute atomic E-state index is 0.0195. The SMILES string of the molecule is Nc1nc2ncc(CNc3ccc(C(=O)N[C@@H](CCC(=O)N[C@@H](CCC(=O)NC[C@H](O)[C@@H](O)[C@H](O)[C@H](O)CO)C(=O)N[C@]4(C(=O)N[C@@H](CCC(=O)NC[C@H](O)[C@@H](O)[C@H](O)[C@H](O)CO)C(=O)N[C@@H](CS)C(=O)O)C[C@H]4CC(=O)O)C(=O)O)cc3)nc2c(=O)[nH]1. The fraction of sp³-hybridized carbons (Fsp3) is 0.560. The van der Waals surface area contributed by atoms with Crippen molar-refractivity contribution in [1.82, 2.24) is 57.2 Å². The van der Waals surface area contributed by atoms with Crippen LogP contribution in [0.15, 0.2) is 35.3 Å². The number of aromatic nitrogens is 4. The lowest BCUT2D eigenvalue weighted by molar-refractivity contribution is -0.142. The van der Waals surface area contributed by atoms with Crippen LogP contribution in [-0.2, 0) is 49.7 Å². The summed E-state index contributed by atoms with van der Waals surface area (Å²) in [6.07, 6.45) is -20.2. The summed E-state index contributed by atoms with van der Waals surface area (Å²) in [5.41, 5.74) is 3.35. The third kappa shape index (κ3) is 21.2. The van der Waals surface area contributed by atoms with Crippen LogP contribution in [0, 0.1) is 5.92 Å². The van der Waals surface area contributed by atoms with Gasteiger partial charge in [-0.25, -0.2) is 19.6 Å². The van der Waals surface area contributed by atoms with Gasteiger partial charge in [0.1, 0.15) is 66.3 Å². The molecule has 2 aromatic heterocycles. The molecule has 1 aliphatic carbocycles. The number of nitrogens with zero attached hydrogens (tertiary/aromatic N) is 3. The molecule has 1 saturated carbocycles. The van der Waals surface area contributed by atoms with Gasteiger partial charge in [0.05, 0.1) is 50.3 Å². The summed E-state index contributed by atoms with van der Waals surface area (Å²) >= 11 is 3.89. The molecule has 14 atom stereocenters. The Hall–Kier alpha value is -8.31. The Morgan fingerprint density at radius 1 is 0.648 bits per heavy atom. The van der Waals surface area contributed by atoms with E-state index in [1.807, 2.05) is 0 Å². The predicted octanol–water partition coefficient (Wildman–Crippen LogP) is -9.65. The number of hydrogen-bond donors (Lipinski definition) is 24. The Labute approximate surface area is 502 Å². The highest BCUT2D eigenvalue weighted by molar-refractivity contribution is 7.80. The number of carbonyl (C=O) groups is 10. The molecule has 88 heavy (non-hydrogen) atoms. The van der Waals surface area contributed by atoms with Crippen molar-refractivity contribution in [2.75, 3.05) is 43.1 Å². The van der Waals surface area contributed by atoms with E-state index in [2.05, 4.69) is 75.1 Å². The first-order valence-corrected chi connectivity index (χ1v) is 27.5. The number of anilines is 2. The number of rotatable bonds is 38. The number of thiol groups is 1. The number of aromatic amines is 1. The molecule has 1 aliphatic rings. The van der Waals surface area contributed by atoms with Gasteiger partial charge in [0.2, 0.25) is 41.4 Å². The van der Waals surface area contributed by atoms with E-state index >= 15 is 0 Å². The van der Waals surface area contributed by atoms with E-state index in [0.29, 0.717) is 11.4 Å². The zero-order valence-corrected chi connectivity index (χ0v) is 47.4. The second kappa shape index (κ2) is 33.7. The summed E-state index contributed by atoms with van der Waals surface area (Å²) in [6.45, 7) is -3.55. The number of nitrogen functional groups attached to an aromatic ring is 1. The minimum Gasteiger partial charge on any atom is -0.481 e. The van der Waals surface area contributed by atoms with Crippen molar-refractivity contribution in [1.29, 1.82) is 0 Å². The van der Waals surface area contributed by atoms with E-state index in [-0.39, 0.29) is 29.2 Å². The van der Waals surface area contributed by atoms with E-state index in [4.69, 9.17) is 15.9 Å². The van der Waals surface area contributed by atoms with E-state index in [1.54, 1.807) is 0 Å². The van der Waals surface area contributed by atoms with Gasteiger partial charge in [-0.1, -0.05) is 0 Å². The van der Waals surface area contributed by atoms with Crippen LogP contribution in [0.5, 0.6) is 0 Å². The zero-order valence-electron chi connectivity index (χ0n) is 46.5. The molecule has 37 nitrogen and oxygen atoms in total. The van der Waals surface area contributed by atoms with Gasteiger partial charge < -0.3 is 115 Å². The van der Waals surface area contributed by atoms with Crippen molar-refractivity contribution in [2.24, 2.45) is 5.92 Å². The van der Waals surface area contributed by atoms with Gasteiger partial charge in [0.25, 0.3) is 11.5 Å². The summed E-state index contributed by atoms with van der Waals surface area (Å²) in [7, 11) is 0. The molecule has 2 heterocycles. The summed E-state index contributed by atoms with van der Waals surface area (Å²) in [6, 6.07) is -1.65. The van der Waals surface area contributed by atoms with E-state index < -0.39 is 233 Å². The van der Waals surface area contributed by atoms with Crippen LogP contribution in [0.25, 0.3) is 11.2 Å². The standard InChI is InChI=1S/C50H71N13O24S/c51-49-61-41-36(45(82)62-49)56-23(14-55-41)13-52-22-3-1-20(2-4-22)42(79)58-26(46(83)84)7-10-34(72)57-25(6-9-33(71)54-16-29(67)38(76)40(78)31(69)18-65)44(81)63-50(12-21(50)11-35(73)74)48(87)60-24(43(80)59-27(19-88)47(85)86)5-8-32(70)53-15-28(66)37(75)39(77)30(68)17-64/h1-4,14,21,24-31,37-40,52,64-69,75-78,88H,5-13,15-19H2,(H,53,70)(H,54,71)(H,57,72)(H,58,79)(H,59,80)(H,60,87)(H,63,81)(H,73,74)(H,83,84)(H,85,86)(H3,51,55,61,62,82)/t21-,24+,25+,26+,27+,28+,29+,30-,31-,37-,38-,39-,40-,50-/m1/s1. The molecular formula is C50H71N13O24S. The van der Waals surface area contributed by atoms with Crippen LogP contribution in [0.1, 0.15) is 67.4 Å². The number of amides is 7. The molecule has 1 aromatic carbocycles. The van der Waals surface area contributed by atoms with Crippen LogP contribution in [0.2, 0.25) is 0 Å². The van der Waals surface area contributed by atoms with Crippen LogP contribution >= 0.6 is 12.6 Å². The van der Waals surface area contributed by atoms with Crippen LogP contribution in [0.4, 0.5) is 11.6 Å². The Morgan fingerprint density at radius 3 is 1.67 bits per heavy atom. The number of nitrogens with one attached hydrogen (secondary N) is 9. The van der Waals surface area contributed by atoms with E-state index in [0.717, 1.165) is 0 Å². The van der Waals surface area contributed by atoms with Crippen molar-refractivity contribution in [3.8, 4) is 0 Å². The summed E-state index contributed by atoms with van der Waals surface area (Å²) in [5.74, 6) is -14.5. The van der Waals surface area contributed by atoms with E-state index in [9.17, 15) is 109 Å². The first kappa shape index (κ1) is 72.2. The molecule has 0 spiro atoms. The summed E-state index contributed by atoms with van der Waals surface area (Å²) in [4.78, 5) is 158. The number of fused-ring (bicyclic) bond motifs is 1. The zero-order chi connectivity index (χ0) is 65.7. The quantitative estimate of drug-likeness (QED) is 0.0237. The molecule has 4 rings (SSSR count). The largest absolute Gasteiger partial charge is 0.481 e. The number of nitrogens with two attached hydrogens (primary N) is 1. The number of aliphatic carboxylic acids is 3. The van der Waals surface area contributed by atoms with Crippen molar-refractivity contribution < 1.29 is 114 Å². The minimum atomic E-state index is -2.27. The Morgan fingerprint density at radius 2 is 1.16 bits per heavy atom. The summed E-state index contributed by atoms with van der Waals surface area (Å²) in [5, 5.41) is 146. The molecular weight excluding hydrogens is 1200 g/mol. The smallest absolute Gasteiger partial charge is 0.327 e. The maximum absolute atomic E-state index is 14.3. The Balaban J connectivity index is 1.53. The van der Waals surface area contributed by atoms with Crippen molar-refractivity contribution >= 4 is 94.7 Å². The third-order valence-corrected chi connectivity index (χ3v) is 14.1. The highest BCUT2D eigenvalue weighted by Crippen LogP contribution is 2.46. The lowest BCUT2D eigenvalue weighted by atomic mass is 10.0. The molecule has 0 saturated heterocycles. The number of aliphatic hydroxyl groups excluding tert-OH is 10.